The number of hydrogen-bond donors (Lipinski definition) is 2. The predicted octanol–water partition coefficient (Wildman–Crippen LogP) is 5.36. The van der Waals surface area contributed by atoms with Crippen molar-refractivity contribution in [2.24, 2.45) is 5.92 Å². The first-order valence-electron chi connectivity index (χ1n) is 11.1. The van der Waals surface area contributed by atoms with E-state index in [0.717, 1.165) is 70.7 Å². The molecule has 3 aromatic rings. The van der Waals surface area contributed by atoms with E-state index in [1.54, 1.807) is 11.8 Å². The molecule has 2 N–H and O–H groups in total. The summed E-state index contributed by atoms with van der Waals surface area (Å²) < 4.78 is 0. The van der Waals surface area contributed by atoms with Crippen molar-refractivity contribution in [2.75, 3.05) is 5.32 Å². The number of fused-ring (bicyclic) bond motifs is 1. The largest absolute Gasteiger partial charge is 0.323 e. The quantitative estimate of drug-likeness (QED) is 0.465. The number of carbonyl (C=O) groups is 1. The number of anilines is 2. The zero-order chi connectivity index (χ0) is 21.4. The molecule has 0 bridgehead atoms. The topological polar surface area (TPSA) is 83.6 Å². The Balaban J connectivity index is 1.37. The summed E-state index contributed by atoms with van der Waals surface area (Å²) in [6.45, 7) is 4.21. The lowest BCUT2D eigenvalue weighted by Gasteiger charge is -2.15. The van der Waals surface area contributed by atoms with Crippen molar-refractivity contribution < 1.29 is 4.79 Å². The average molecular weight is 434 g/mol. The molecule has 5 rings (SSSR count). The van der Waals surface area contributed by atoms with Crippen LogP contribution in [0.25, 0.3) is 0 Å². The summed E-state index contributed by atoms with van der Waals surface area (Å²) in [6, 6.07) is 10.2. The Kier molecular flexibility index (Phi) is 5.52. The molecule has 160 valence electrons. The molecule has 0 amide bonds. The summed E-state index contributed by atoms with van der Waals surface area (Å²) in [5, 5.41) is 11.5. The van der Waals surface area contributed by atoms with Gasteiger partial charge >= 0.3 is 0 Å². The van der Waals surface area contributed by atoms with Crippen LogP contribution in [0.4, 0.5) is 11.6 Å². The number of H-pyrrole nitrogens is 1. The number of benzene rings is 1. The SMILES string of the molecule is CCC1CCc2nc(Sc3ccc(CC(=O)C4CC4)cc3)nc(Nc3cc(C)[nH]n3)c21. The van der Waals surface area contributed by atoms with Crippen LogP contribution in [0.5, 0.6) is 0 Å². The van der Waals surface area contributed by atoms with Gasteiger partial charge in [0.1, 0.15) is 11.6 Å². The monoisotopic (exact) mass is 433 g/mol. The number of aryl methyl sites for hydroxylation is 2. The van der Waals surface area contributed by atoms with Gasteiger partial charge in [-0.15, -0.1) is 0 Å². The highest BCUT2D eigenvalue weighted by Gasteiger charge is 2.29. The Morgan fingerprint density at radius 1 is 1.19 bits per heavy atom. The maximum Gasteiger partial charge on any atom is 0.194 e. The van der Waals surface area contributed by atoms with Crippen LogP contribution >= 0.6 is 11.8 Å². The van der Waals surface area contributed by atoms with Crippen LogP contribution in [0.15, 0.2) is 40.4 Å². The van der Waals surface area contributed by atoms with E-state index >= 15 is 0 Å². The van der Waals surface area contributed by atoms with Crippen LogP contribution in [0.1, 0.15) is 61.0 Å². The summed E-state index contributed by atoms with van der Waals surface area (Å²) in [6.07, 6.45) is 5.86. The fourth-order valence-electron chi connectivity index (χ4n) is 4.25. The lowest BCUT2D eigenvalue weighted by molar-refractivity contribution is -0.119. The molecule has 0 radical (unpaired) electrons. The van der Waals surface area contributed by atoms with Crippen LogP contribution in [-0.2, 0) is 17.6 Å². The lowest BCUT2D eigenvalue weighted by Crippen LogP contribution is -2.06. The lowest BCUT2D eigenvalue weighted by atomic mass is 10.0. The predicted molar refractivity (Wildman–Crippen MR) is 122 cm³/mol. The summed E-state index contributed by atoms with van der Waals surface area (Å²) in [5.74, 6) is 2.82. The number of hydrogen-bond acceptors (Lipinski definition) is 6. The van der Waals surface area contributed by atoms with Gasteiger partial charge < -0.3 is 5.32 Å². The summed E-state index contributed by atoms with van der Waals surface area (Å²) in [4.78, 5) is 22.9. The molecule has 0 saturated heterocycles. The number of nitrogens with zero attached hydrogens (tertiary/aromatic N) is 3. The maximum absolute atomic E-state index is 12.1. The van der Waals surface area contributed by atoms with Crippen molar-refractivity contribution in [3.63, 3.8) is 0 Å². The highest BCUT2D eigenvalue weighted by Crippen LogP contribution is 2.41. The molecule has 2 heterocycles. The molecule has 7 heteroatoms. The molecule has 6 nitrogen and oxygen atoms in total. The van der Waals surface area contributed by atoms with Crippen molar-refractivity contribution in [2.45, 2.75) is 68.3 Å². The van der Waals surface area contributed by atoms with Crippen molar-refractivity contribution in [1.82, 2.24) is 20.2 Å². The van der Waals surface area contributed by atoms with Crippen LogP contribution < -0.4 is 5.32 Å². The van der Waals surface area contributed by atoms with E-state index < -0.39 is 0 Å². The molecular formula is C24H27N5OS. The second-order valence-electron chi connectivity index (χ2n) is 8.58. The molecule has 1 saturated carbocycles. The molecule has 2 aliphatic rings. The van der Waals surface area contributed by atoms with Gasteiger partial charge in [0.2, 0.25) is 0 Å². The van der Waals surface area contributed by atoms with E-state index in [9.17, 15) is 4.79 Å². The number of Topliss-reactive ketones (excluding diaryl/α,β-unsaturated/α-hetero) is 1. The van der Waals surface area contributed by atoms with Gasteiger partial charge in [0.25, 0.3) is 0 Å². The summed E-state index contributed by atoms with van der Waals surface area (Å²) in [5.41, 5.74) is 4.47. The third-order valence-corrected chi connectivity index (χ3v) is 7.00. The second-order valence-corrected chi connectivity index (χ2v) is 9.62. The van der Waals surface area contributed by atoms with Crippen LogP contribution in [0.3, 0.4) is 0 Å². The fraction of sp³-hybridized carbons (Fsp3) is 0.417. The van der Waals surface area contributed by atoms with Crippen molar-refractivity contribution >= 4 is 29.2 Å². The minimum absolute atomic E-state index is 0.310. The Hall–Kier alpha value is -2.67. The smallest absolute Gasteiger partial charge is 0.194 e. The normalized spacial score (nSPS) is 17.5. The van der Waals surface area contributed by atoms with Gasteiger partial charge in [-0.1, -0.05) is 19.1 Å². The average Bonchev–Trinajstić information content (AvgIpc) is 3.42. The first kappa shape index (κ1) is 20.2. The van der Waals surface area contributed by atoms with Gasteiger partial charge in [0, 0.05) is 34.6 Å². The molecule has 0 spiro atoms. The molecule has 2 aromatic heterocycles. The fourth-order valence-corrected chi connectivity index (χ4v) is 5.03. The van der Waals surface area contributed by atoms with Gasteiger partial charge in [-0.2, -0.15) is 5.10 Å². The zero-order valence-electron chi connectivity index (χ0n) is 17.9. The number of aromatic nitrogens is 4. The third-order valence-electron chi connectivity index (χ3n) is 6.13. The van der Waals surface area contributed by atoms with E-state index in [0.29, 0.717) is 24.0 Å². The van der Waals surface area contributed by atoms with Crippen molar-refractivity contribution in [1.29, 1.82) is 0 Å². The standard InChI is InChI=1S/C24H27N5OS/c1-3-16-8-11-19-22(16)23(26-21-12-14(2)28-29-21)27-24(25-19)31-18-9-4-15(5-10-18)13-20(30)17-6-7-17/h4-5,9-10,12,16-17H,3,6-8,11,13H2,1-2H3,(H2,25,26,27,28,29). The molecule has 1 unspecified atom stereocenters. The maximum atomic E-state index is 12.1. The van der Waals surface area contributed by atoms with Crippen LogP contribution in [0.2, 0.25) is 0 Å². The van der Waals surface area contributed by atoms with Gasteiger partial charge in [0.15, 0.2) is 11.0 Å². The molecule has 31 heavy (non-hydrogen) atoms. The minimum atomic E-state index is 0.310. The zero-order valence-corrected chi connectivity index (χ0v) is 18.8. The molecular weight excluding hydrogens is 406 g/mol. The van der Waals surface area contributed by atoms with Gasteiger partial charge in [0.05, 0.1) is 5.69 Å². The van der Waals surface area contributed by atoms with Gasteiger partial charge in [-0.3, -0.25) is 9.89 Å². The molecule has 1 aromatic carbocycles. The van der Waals surface area contributed by atoms with Crippen LogP contribution in [0, 0.1) is 12.8 Å². The van der Waals surface area contributed by atoms with E-state index in [-0.39, 0.29) is 0 Å². The van der Waals surface area contributed by atoms with Gasteiger partial charge in [-0.05, 0) is 74.4 Å². The second kappa shape index (κ2) is 8.46. The first-order chi connectivity index (χ1) is 15.1. The Labute approximate surface area is 186 Å². The summed E-state index contributed by atoms with van der Waals surface area (Å²) in [7, 11) is 0. The Morgan fingerprint density at radius 2 is 2.00 bits per heavy atom. The Bertz CT molecular complexity index is 1100. The highest BCUT2D eigenvalue weighted by atomic mass is 32.2. The van der Waals surface area contributed by atoms with E-state index in [1.165, 1.54) is 5.56 Å². The number of carbonyl (C=O) groups excluding carboxylic acids is 1. The number of ketones is 1. The van der Waals surface area contributed by atoms with Crippen LogP contribution in [-0.4, -0.2) is 25.9 Å². The van der Waals surface area contributed by atoms with Gasteiger partial charge in [-0.25, -0.2) is 9.97 Å². The summed E-state index contributed by atoms with van der Waals surface area (Å²) >= 11 is 1.56. The number of nitrogens with one attached hydrogen (secondary N) is 2. The number of rotatable bonds is 8. The Morgan fingerprint density at radius 3 is 2.68 bits per heavy atom. The molecule has 1 fully saturated rings. The number of aromatic amines is 1. The molecule has 1 atom stereocenters. The molecule has 2 aliphatic carbocycles. The third kappa shape index (κ3) is 4.51. The van der Waals surface area contributed by atoms with E-state index in [4.69, 9.17) is 9.97 Å². The van der Waals surface area contributed by atoms with Crippen molar-refractivity contribution in [3.05, 3.63) is 52.8 Å². The van der Waals surface area contributed by atoms with Crippen molar-refractivity contribution in [3.8, 4) is 0 Å². The van der Waals surface area contributed by atoms with E-state index in [1.807, 2.05) is 13.0 Å². The minimum Gasteiger partial charge on any atom is -0.323 e. The van der Waals surface area contributed by atoms with E-state index in [2.05, 4.69) is 46.7 Å². The highest BCUT2D eigenvalue weighted by molar-refractivity contribution is 7.99. The molecule has 0 aliphatic heterocycles. The first-order valence-corrected chi connectivity index (χ1v) is 11.9.